The van der Waals surface area contributed by atoms with E-state index in [4.69, 9.17) is 9.15 Å². The van der Waals surface area contributed by atoms with E-state index in [0.29, 0.717) is 17.1 Å². The number of furan rings is 1. The van der Waals surface area contributed by atoms with Gasteiger partial charge in [0.05, 0.1) is 5.56 Å². The molecule has 3 aromatic rings. The number of carbonyl (C=O) groups is 2. The van der Waals surface area contributed by atoms with E-state index in [-0.39, 0.29) is 12.4 Å². The second kappa shape index (κ2) is 9.51. The van der Waals surface area contributed by atoms with E-state index in [2.05, 4.69) is 0 Å². The summed E-state index contributed by atoms with van der Waals surface area (Å²) in [6, 6.07) is 20.9. The molecule has 1 aromatic heterocycles. The zero-order valence-corrected chi connectivity index (χ0v) is 16.4. The van der Waals surface area contributed by atoms with E-state index in [9.17, 15) is 9.59 Å². The highest BCUT2D eigenvalue weighted by atomic mass is 16.5. The molecule has 0 saturated heterocycles. The van der Waals surface area contributed by atoms with Crippen molar-refractivity contribution >= 4 is 17.3 Å². The largest absolute Gasteiger partial charge is 0.461 e. The predicted octanol–water partition coefficient (Wildman–Crippen LogP) is 5.52. The van der Waals surface area contributed by atoms with Gasteiger partial charge in [-0.1, -0.05) is 72.8 Å². The molecular weight excluding hydrogens is 364 g/mol. The van der Waals surface area contributed by atoms with Crippen LogP contribution in [0.3, 0.4) is 0 Å². The Balaban J connectivity index is 1.80. The van der Waals surface area contributed by atoms with Crippen LogP contribution < -0.4 is 0 Å². The van der Waals surface area contributed by atoms with Gasteiger partial charge in [0.25, 0.3) is 0 Å². The van der Waals surface area contributed by atoms with E-state index in [1.807, 2.05) is 60.7 Å². The molecule has 0 unspecified atom stereocenters. The molecule has 3 rings (SSSR count). The fourth-order valence-electron chi connectivity index (χ4n) is 2.90. The lowest BCUT2D eigenvalue weighted by Crippen LogP contribution is -2.00. The number of hydrogen-bond donors (Lipinski definition) is 0. The third kappa shape index (κ3) is 5.42. The summed E-state index contributed by atoms with van der Waals surface area (Å²) in [6.45, 7) is 3.49. The summed E-state index contributed by atoms with van der Waals surface area (Å²) >= 11 is 0. The average molecular weight is 386 g/mol. The summed E-state index contributed by atoms with van der Waals surface area (Å²) in [6.07, 6.45) is 4.77. The maximum atomic E-state index is 12.0. The molecule has 0 bridgehead atoms. The van der Waals surface area contributed by atoms with Crippen LogP contribution in [-0.2, 0) is 16.1 Å². The van der Waals surface area contributed by atoms with Gasteiger partial charge < -0.3 is 9.15 Å². The van der Waals surface area contributed by atoms with Crippen LogP contribution in [0.2, 0.25) is 0 Å². The van der Waals surface area contributed by atoms with E-state index in [1.54, 1.807) is 25.1 Å². The third-order valence-corrected chi connectivity index (χ3v) is 4.37. The number of carbonyl (C=O) groups excluding carboxylic acids is 2. The van der Waals surface area contributed by atoms with Crippen LogP contribution in [0.1, 0.15) is 39.9 Å². The van der Waals surface area contributed by atoms with Crippen molar-refractivity contribution in [2.45, 2.75) is 20.5 Å². The van der Waals surface area contributed by atoms with Crippen LogP contribution in [0.15, 0.2) is 89.4 Å². The van der Waals surface area contributed by atoms with Gasteiger partial charge in [-0.05, 0) is 31.0 Å². The molecule has 0 amide bonds. The average Bonchev–Trinajstić information content (AvgIpc) is 3.12. The maximum Gasteiger partial charge on any atom is 0.331 e. The first-order valence-electron chi connectivity index (χ1n) is 9.31. The minimum absolute atomic E-state index is 0.0510. The fourth-order valence-corrected chi connectivity index (χ4v) is 2.90. The molecule has 29 heavy (non-hydrogen) atoms. The third-order valence-electron chi connectivity index (χ3n) is 4.37. The minimum atomic E-state index is -0.433. The SMILES string of the molecule is CC(=O)c1cc(/C(=C\C=C\C(=O)OCc2ccccc2)c2ccccc2)oc1C. The Labute approximate surface area is 170 Å². The summed E-state index contributed by atoms with van der Waals surface area (Å²) in [4.78, 5) is 23.8. The van der Waals surface area contributed by atoms with Gasteiger partial charge in [0.15, 0.2) is 5.78 Å². The van der Waals surface area contributed by atoms with E-state index in [0.717, 1.165) is 16.7 Å². The Morgan fingerprint density at radius 1 is 1.00 bits per heavy atom. The fraction of sp³-hybridized carbons (Fsp3) is 0.120. The summed E-state index contributed by atoms with van der Waals surface area (Å²) in [5, 5.41) is 0. The quantitative estimate of drug-likeness (QED) is 0.232. The highest BCUT2D eigenvalue weighted by Gasteiger charge is 2.15. The van der Waals surface area contributed by atoms with Gasteiger partial charge in [0, 0.05) is 11.6 Å². The zero-order valence-electron chi connectivity index (χ0n) is 16.4. The molecule has 1 heterocycles. The number of rotatable bonds is 7. The molecule has 0 spiro atoms. The number of ketones is 1. The number of hydrogen-bond acceptors (Lipinski definition) is 4. The molecule has 2 aromatic carbocycles. The molecule has 4 heteroatoms. The lowest BCUT2D eigenvalue weighted by Gasteiger charge is -2.04. The first kappa shape index (κ1) is 20.1. The molecule has 0 aliphatic rings. The van der Waals surface area contributed by atoms with E-state index >= 15 is 0 Å². The first-order valence-corrected chi connectivity index (χ1v) is 9.31. The molecule has 0 saturated carbocycles. The molecule has 0 N–H and O–H groups in total. The normalized spacial score (nSPS) is 11.6. The monoisotopic (exact) mass is 386 g/mol. The molecule has 0 aliphatic heterocycles. The van der Waals surface area contributed by atoms with Crippen LogP contribution in [0.5, 0.6) is 0 Å². The van der Waals surface area contributed by atoms with Gasteiger partial charge in [-0.2, -0.15) is 0 Å². The Bertz CT molecular complexity index is 1040. The van der Waals surface area contributed by atoms with Gasteiger partial charge in [0.2, 0.25) is 0 Å². The summed E-state index contributed by atoms with van der Waals surface area (Å²) in [7, 11) is 0. The van der Waals surface area contributed by atoms with Gasteiger partial charge in [-0.15, -0.1) is 0 Å². The van der Waals surface area contributed by atoms with Crippen LogP contribution in [0, 0.1) is 6.92 Å². The van der Waals surface area contributed by atoms with Crippen molar-refractivity contribution in [3.63, 3.8) is 0 Å². The second-order valence-electron chi connectivity index (χ2n) is 6.54. The summed E-state index contributed by atoms with van der Waals surface area (Å²) in [5.74, 6) is 0.657. The first-order chi connectivity index (χ1) is 14.0. The Kier molecular flexibility index (Phi) is 6.59. The number of allylic oxidation sites excluding steroid dienone is 2. The number of esters is 1. The van der Waals surface area contributed by atoms with Crippen molar-refractivity contribution in [3.8, 4) is 0 Å². The zero-order chi connectivity index (χ0) is 20.6. The molecule has 146 valence electrons. The second-order valence-corrected chi connectivity index (χ2v) is 6.54. The van der Waals surface area contributed by atoms with Crippen molar-refractivity contribution < 1.29 is 18.7 Å². The van der Waals surface area contributed by atoms with Crippen molar-refractivity contribution in [2.24, 2.45) is 0 Å². The molecule has 0 aliphatic carbocycles. The molecule has 0 fully saturated rings. The van der Waals surface area contributed by atoms with Crippen LogP contribution in [0.25, 0.3) is 5.57 Å². The topological polar surface area (TPSA) is 56.5 Å². The lowest BCUT2D eigenvalue weighted by atomic mass is 10.0. The Morgan fingerprint density at radius 3 is 2.28 bits per heavy atom. The van der Waals surface area contributed by atoms with Gasteiger partial charge in [-0.3, -0.25) is 4.79 Å². The van der Waals surface area contributed by atoms with Gasteiger partial charge in [-0.25, -0.2) is 4.79 Å². The van der Waals surface area contributed by atoms with Crippen molar-refractivity contribution in [1.82, 2.24) is 0 Å². The number of benzene rings is 2. The minimum Gasteiger partial charge on any atom is -0.461 e. The van der Waals surface area contributed by atoms with E-state index in [1.165, 1.54) is 13.0 Å². The molecule has 0 radical (unpaired) electrons. The predicted molar refractivity (Wildman–Crippen MR) is 112 cm³/mol. The molecule has 0 atom stereocenters. The molecular formula is C25H22O4. The van der Waals surface area contributed by atoms with Crippen molar-refractivity contribution in [3.05, 3.63) is 113 Å². The highest BCUT2D eigenvalue weighted by molar-refractivity contribution is 5.96. The Morgan fingerprint density at radius 2 is 1.66 bits per heavy atom. The van der Waals surface area contributed by atoms with Crippen LogP contribution in [-0.4, -0.2) is 11.8 Å². The van der Waals surface area contributed by atoms with E-state index < -0.39 is 5.97 Å². The smallest absolute Gasteiger partial charge is 0.331 e. The lowest BCUT2D eigenvalue weighted by molar-refractivity contribution is -0.139. The van der Waals surface area contributed by atoms with Gasteiger partial charge in [0.1, 0.15) is 18.1 Å². The van der Waals surface area contributed by atoms with Crippen LogP contribution in [0.4, 0.5) is 0 Å². The highest BCUT2D eigenvalue weighted by Crippen LogP contribution is 2.28. The summed E-state index contributed by atoms with van der Waals surface area (Å²) < 4.78 is 11.1. The van der Waals surface area contributed by atoms with Crippen molar-refractivity contribution in [1.29, 1.82) is 0 Å². The maximum absolute atomic E-state index is 12.0. The van der Waals surface area contributed by atoms with Crippen LogP contribution >= 0.6 is 0 Å². The number of aryl methyl sites for hydroxylation is 1. The van der Waals surface area contributed by atoms with Gasteiger partial charge >= 0.3 is 5.97 Å². The standard InChI is InChI=1S/C25H22O4/c1-18(26)23-16-24(29-19(23)2)22(21-12-7-4-8-13-21)14-9-15-25(27)28-17-20-10-5-3-6-11-20/h3-16H,17H2,1-2H3/b15-9+,22-14-. The van der Waals surface area contributed by atoms with Crippen molar-refractivity contribution in [2.75, 3.05) is 0 Å². The molecule has 4 nitrogen and oxygen atoms in total. The number of Topliss-reactive ketones (excluding diaryl/α,β-unsaturated/α-hetero) is 1. The summed E-state index contributed by atoms with van der Waals surface area (Å²) in [5.41, 5.74) is 3.16. The Hall–Kier alpha value is -3.66. The number of ether oxygens (including phenoxy) is 1.